The molecule has 0 aromatic heterocycles. The highest BCUT2D eigenvalue weighted by atomic mass is 32.1. The topological polar surface area (TPSA) is 27.3 Å². The molecule has 0 aliphatic carbocycles. The molecule has 0 bridgehead atoms. The first-order valence-electron chi connectivity index (χ1n) is 8.01. The van der Waals surface area contributed by atoms with Crippen molar-refractivity contribution in [3.63, 3.8) is 0 Å². The molecule has 0 unspecified atom stereocenters. The van der Waals surface area contributed by atoms with Gasteiger partial charge in [-0.25, -0.2) is 0 Å². The van der Waals surface area contributed by atoms with Gasteiger partial charge in [0.25, 0.3) is 0 Å². The summed E-state index contributed by atoms with van der Waals surface area (Å²) in [5, 5.41) is 7.14. The van der Waals surface area contributed by atoms with Crippen LogP contribution in [0.4, 0.5) is 11.4 Å². The van der Waals surface area contributed by atoms with Crippen LogP contribution < -0.4 is 15.5 Å². The monoisotopic (exact) mass is 327 g/mol. The molecular weight excluding hydrogens is 302 g/mol. The average Bonchev–Trinajstić information content (AvgIpc) is 2.55. The number of nitrogens with one attached hydrogen (secondary N) is 2. The summed E-state index contributed by atoms with van der Waals surface area (Å²) in [6, 6.07) is 16.8. The Labute approximate surface area is 144 Å². The number of thiocarbonyl (C=S) groups is 1. The van der Waals surface area contributed by atoms with Crippen LogP contribution in [0.1, 0.15) is 18.1 Å². The van der Waals surface area contributed by atoms with Crippen molar-refractivity contribution in [3.8, 4) is 0 Å². The summed E-state index contributed by atoms with van der Waals surface area (Å²) in [5.41, 5.74) is 4.79. The molecule has 122 valence electrons. The lowest BCUT2D eigenvalue weighted by atomic mass is 10.2. The molecule has 23 heavy (non-hydrogen) atoms. The number of rotatable bonds is 6. The Morgan fingerprint density at radius 2 is 1.52 bits per heavy atom. The van der Waals surface area contributed by atoms with E-state index in [2.05, 4.69) is 72.7 Å². The number of anilines is 2. The number of nitrogens with zero attached hydrogens (tertiary/aromatic N) is 1. The minimum Gasteiger partial charge on any atom is -0.370 e. The quantitative estimate of drug-likeness (QED) is 0.781. The van der Waals surface area contributed by atoms with Gasteiger partial charge in [-0.3, -0.25) is 0 Å². The van der Waals surface area contributed by atoms with E-state index in [1.807, 2.05) is 12.1 Å². The Bertz CT molecular complexity index is 620. The Hall–Kier alpha value is -2.07. The van der Waals surface area contributed by atoms with Gasteiger partial charge in [0.2, 0.25) is 0 Å². The summed E-state index contributed by atoms with van der Waals surface area (Å²) < 4.78 is 0. The van der Waals surface area contributed by atoms with Gasteiger partial charge in [-0.15, -0.1) is 0 Å². The van der Waals surface area contributed by atoms with E-state index >= 15 is 0 Å². The predicted octanol–water partition coefficient (Wildman–Crippen LogP) is 4.12. The van der Waals surface area contributed by atoms with Crippen LogP contribution in [0.2, 0.25) is 0 Å². The molecule has 0 atom stereocenters. The summed E-state index contributed by atoms with van der Waals surface area (Å²) in [6.07, 6.45) is 0. The lowest BCUT2D eigenvalue weighted by Gasteiger charge is -2.24. The third-order valence-electron chi connectivity index (χ3n) is 3.76. The van der Waals surface area contributed by atoms with Gasteiger partial charge in [0.15, 0.2) is 5.11 Å². The van der Waals surface area contributed by atoms with Crippen LogP contribution in [-0.4, -0.2) is 24.7 Å². The molecule has 0 aliphatic rings. The molecule has 2 N–H and O–H groups in total. The lowest BCUT2D eigenvalue weighted by Crippen LogP contribution is -2.36. The minimum absolute atomic E-state index is 0.661. The van der Waals surface area contributed by atoms with Gasteiger partial charge >= 0.3 is 0 Å². The van der Waals surface area contributed by atoms with Gasteiger partial charge < -0.3 is 15.5 Å². The van der Waals surface area contributed by atoms with E-state index in [0.717, 1.165) is 25.3 Å². The maximum absolute atomic E-state index is 5.35. The summed E-state index contributed by atoms with van der Waals surface area (Å²) in [6.45, 7) is 9.04. The van der Waals surface area contributed by atoms with Crippen molar-refractivity contribution in [2.24, 2.45) is 0 Å². The normalized spacial score (nSPS) is 10.2. The zero-order valence-corrected chi connectivity index (χ0v) is 14.9. The highest BCUT2D eigenvalue weighted by molar-refractivity contribution is 7.80. The molecule has 0 amide bonds. The van der Waals surface area contributed by atoms with Crippen molar-refractivity contribution in [1.82, 2.24) is 5.32 Å². The molecular formula is C19H25N3S. The number of hydrogen-bond acceptors (Lipinski definition) is 2. The fourth-order valence-electron chi connectivity index (χ4n) is 2.34. The smallest absolute Gasteiger partial charge is 0.170 e. The van der Waals surface area contributed by atoms with E-state index in [-0.39, 0.29) is 0 Å². The average molecular weight is 327 g/mol. The van der Waals surface area contributed by atoms with Crippen LogP contribution in [0.15, 0.2) is 48.5 Å². The standard InChI is InChI=1S/C19H25N3S/c1-4-22(18-11-7-16(3)8-12-18)14-13-20-19(23)21-17-9-5-15(2)6-10-17/h5-12H,4,13-14H2,1-3H3,(H2,20,21,23). The molecule has 2 aromatic carbocycles. The van der Waals surface area contributed by atoms with Crippen LogP contribution in [0.5, 0.6) is 0 Å². The van der Waals surface area contributed by atoms with Gasteiger partial charge in [0, 0.05) is 31.0 Å². The van der Waals surface area contributed by atoms with Crippen molar-refractivity contribution in [3.05, 3.63) is 59.7 Å². The van der Waals surface area contributed by atoms with Crippen LogP contribution in [0.25, 0.3) is 0 Å². The third-order valence-corrected chi connectivity index (χ3v) is 4.00. The zero-order valence-electron chi connectivity index (χ0n) is 14.1. The summed E-state index contributed by atoms with van der Waals surface area (Å²) in [5.74, 6) is 0. The first-order valence-corrected chi connectivity index (χ1v) is 8.42. The van der Waals surface area contributed by atoms with Crippen LogP contribution >= 0.6 is 12.2 Å². The Balaban J connectivity index is 1.79. The second kappa shape index (κ2) is 8.53. The molecule has 0 heterocycles. The van der Waals surface area contributed by atoms with Crippen molar-refractivity contribution < 1.29 is 0 Å². The number of benzene rings is 2. The van der Waals surface area contributed by atoms with E-state index in [4.69, 9.17) is 12.2 Å². The van der Waals surface area contributed by atoms with Crippen molar-refractivity contribution in [2.75, 3.05) is 29.9 Å². The van der Waals surface area contributed by atoms with Crippen molar-refractivity contribution in [1.29, 1.82) is 0 Å². The van der Waals surface area contributed by atoms with E-state index in [9.17, 15) is 0 Å². The second-order valence-electron chi connectivity index (χ2n) is 5.66. The molecule has 4 heteroatoms. The van der Waals surface area contributed by atoms with E-state index in [0.29, 0.717) is 5.11 Å². The highest BCUT2D eigenvalue weighted by Gasteiger charge is 2.04. The fraction of sp³-hybridized carbons (Fsp3) is 0.316. The Morgan fingerprint density at radius 1 is 0.957 bits per heavy atom. The van der Waals surface area contributed by atoms with E-state index < -0.39 is 0 Å². The van der Waals surface area contributed by atoms with Crippen molar-refractivity contribution >= 4 is 28.7 Å². The molecule has 0 spiro atoms. The largest absolute Gasteiger partial charge is 0.370 e. The van der Waals surface area contributed by atoms with Gasteiger partial charge in [-0.2, -0.15) is 0 Å². The van der Waals surface area contributed by atoms with Crippen molar-refractivity contribution in [2.45, 2.75) is 20.8 Å². The second-order valence-corrected chi connectivity index (χ2v) is 6.07. The maximum atomic E-state index is 5.35. The molecule has 0 saturated heterocycles. The number of hydrogen-bond donors (Lipinski definition) is 2. The van der Waals surface area contributed by atoms with Gasteiger partial charge in [0.1, 0.15) is 0 Å². The highest BCUT2D eigenvalue weighted by Crippen LogP contribution is 2.14. The molecule has 0 aliphatic heterocycles. The fourth-order valence-corrected chi connectivity index (χ4v) is 2.56. The van der Waals surface area contributed by atoms with Gasteiger partial charge in [-0.05, 0) is 57.3 Å². The molecule has 2 rings (SSSR count). The molecule has 2 aromatic rings. The van der Waals surface area contributed by atoms with Crippen LogP contribution in [-0.2, 0) is 0 Å². The SMILES string of the molecule is CCN(CCNC(=S)Nc1ccc(C)cc1)c1ccc(C)cc1. The third kappa shape index (κ3) is 5.57. The van der Waals surface area contributed by atoms with Crippen LogP contribution in [0.3, 0.4) is 0 Å². The van der Waals surface area contributed by atoms with Gasteiger partial charge in [0.05, 0.1) is 0 Å². The molecule has 0 radical (unpaired) electrons. The molecule has 3 nitrogen and oxygen atoms in total. The first-order chi connectivity index (χ1) is 11.1. The number of aryl methyl sites for hydroxylation is 2. The summed E-state index contributed by atoms with van der Waals surface area (Å²) in [4.78, 5) is 2.33. The first kappa shape index (κ1) is 17.3. The van der Waals surface area contributed by atoms with E-state index in [1.54, 1.807) is 0 Å². The van der Waals surface area contributed by atoms with E-state index in [1.165, 1.54) is 16.8 Å². The minimum atomic E-state index is 0.661. The summed E-state index contributed by atoms with van der Waals surface area (Å²) in [7, 11) is 0. The Kier molecular flexibility index (Phi) is 6.41. The van der Waals surface area contributed by atoms with Gasteiger partial charge in [-0.1, -0.05) is 35.4 Å². The Morgan fingerprint density at radius 3 is 2.09 bits per heavy atom. The molecule has 0 saturated carbocycles. The number of likely N-dealkylation sites (N-methyl/N-ethyl adjacent to an activating group) is 1. The lowest BCUT2D eigenvalue weighted by molar-refractivity contribution is 0.779. The summed E-state index contributed by atoms with van der Waals surface area (Å²) >= 11 is 5.35. The zero-order chi connectivity index (χ0) is 16.7. The predicted molar refractivity (Wildman–Crippen MR) is 104 cm³/mol. The molecule has 0 fully saturated rings. The van der Waals surface area contributed by atoms with Crippen LogP contribution in [0, 0.1) is 13.8 Å². The maximum Gasteiger partial charge on any atom is 0.170 e.